The Morgan fingerprint density at radius 1 is 1.19 bits per heavy atom. The van der Waals surface area contributed by atoms with E-state index in [2.05, 4.69) is 12.2 Å². The second kappa shape index (κ2) is 5.84. The average Bonchev–Trinajstić information content (AvgIpc) is 2.95. The van der Waals surface area contributed by atoms with Crippen LogP contribution in [0.25, 0.3) is 0 Å². The van der Waals surface area contributed by atoms with Crippen LogP contribution in [0.2, 0.25) is 5.02 Å². The highest BCUT2D eigenvalue weighted by Crippen LogP contribution is 2.34. The molecule has 21 heavy (non-hydrogen) atoms. The number of fused-ring (bicyclic) bond motifs is 1. The molecule has 3 rings (SSSR count). The standard InChI is InChI=1S/C16H16ClNO3/c1-10(11-2-5-15-16(7-11)21-9-20-15)18-8-12-6-13(17)3-4-14(12)19/h2-7,10,18-19H,8-9H2,1H3. The fourth-order valence-corrected chi connectivity index (χ4v) is 2.45. The van der Waals surface area contributed by atoms with Crippen LogP contribution in [0.4, 0.5) is 0 Å². The third-order valence-corrected chi connectivity index (χ3v) is 3.77. The van der Waals surface area contributed by atoms with Crippen molar-refractivity contribution in [1.29, 1.82) is 0 Å². The summed E-state index contributed by atoms with van der Waals surface area (Å²) in [6.07, 6.45) is 0. The number of hydrogen-bond donors (Lipinski definition) is 2. The normalized spacial score (nSPS) is 14.2. The Bertz CT molecular complexity index is 660. The number of hydrogen-bond acceptors (Lipinski definition) is 4. The zero-order valence-electron chi connectivity index (χ0n) is 11.6. The first-order chi connectivity index (χ1) is 10.1. The molecular formula is C16H16ClNO3. The molecule has 1 aliphatic heterocycles. The molecule has 0 saturated heterocycles. The predicted molar refractivity (Wildman–Crippen MR) is 80.9 cm³/mol. The van der Waals surface area contributed by atoms with Gasteiger partial charge in [0.15, 0.2) is 11.5 Å². The minimum absolute atomic E-state index is 0.109. The van der Waals surface area contributed by atoms with Gasteiger partial charge in [-0.05, 0) is 42.8 Å². The van der Waals surface area contributed by atoms with E-state index in [1.54, 1.807) is 18.2 Å². The van der Waals surface area contributed by atoms with E-state index in [1.807, 2.05) is 18.2 Å². The molecule has 110 valence electrons. The van der Waals surface area contributed by atoms with Gasteiger partial charge >= 0.3 is 0 Å². The number of ether oxygens (including phenoxy) is 2. The Morgan fingerprint density at radius 3 is 2.86 bits per heavy atom. The number of phenols is 1. The highest BCUT2D eigenvalue weighted by atomic mass is 35.5. The number of benzene rings is 2. The highest BCUT2D eigenvalue weighted by molar-refractivity contribution is 6.30. The fourth-order valence-electron chi connectivity index (χ4n) is 2.26. The van der Waals surface area contributed by atoms with Crippen LogP contribution in [-0.4, -0.2) is 11.9 Å². The molecule has 0 fully saturated rings. The first-order valence-corrected chi connectivity index (χ1v) is 7.11. The monoisotopic (exact) mass is 305 g/mol. The van der Waals surface area contributed by atoms with Crippen molar-refractivity contribution in [3.05, 3.63) is 52.5 Å². The van der Waals surface area contributed by atoms with E-state index in [9.17, 15) is 5.11 Å². The molecule has 1 aliphatic rings. The summed E-state index contributed by atoms with van der Waals surface area (Å²) < 4.78 is 10.7. The van der Waals surface area contributed by atoms with Crippen LogP contribution >= 0.6 is 11.6 Å². The highest BCUT2D eigenvalue weighted by Gasteiger charge is 2.15. The van der Waals surface area contributed by atoms with Crippen molar-refractivity contribution in [2.75, 3.05) is 6.79 Å². The summed E-state index contributed by atoms with van der Waals surface area (Å²) in [5.74, 6) is 1.79. The lowest BCUT2D eigenvalue weighted by Gasteiger charge is -2.15. The number of aromatic hydroxyl groups is 1. The Morgan fingerprint density at radius 2 is 2.00 bits per heavy atom. The van der Waals surface area contributed by atoms with E-state index in [-0.39, 0.29) is 18.6 Å². The van der Waals surface area contributed by atoms with Gasteiger partial charge < -0.3 is 19.9 Å². The average molecular weight is 306 g/mol. The van der Waals surface area contributed by atoms with Gasteiger partial charge in [0.2, 0.25) is 6.79 Å². The number of rotatable bonds is 4. The minimum atomic E-state index is 0.109. The lowest BCUT2D eigenvalue weighted by molar-refractivity contribution is 0.174. The van der Waals surface area contributed by atoms with Gasteiger partial charge in [-0.1, -0.05) is 17.7 Å². The fraction of sp³-hybridized carbons (Fsp3) is 0.250. The van der Waals surface area contributed by atoms with Gasteiger partial charge in [0.05, 0.1) is 0 Å². The van der Waals surface area contributed by atoms with Crippen LogP contribution in [0.5, 0.6) is 17.2 Å². The van der Waals surface area contributed by atoms with Crippen LogP contribution in [0.1, 0.15) is 24.1 Å². The van der Waals surface area contributed by atoms with Crippen molar-refractivity contribution in [3.63, 3.8) is 0 Å². The summed E-state index contributed by atoms with van der Waals surface area (Å²) in [5, 5.41) is 13.8. The van der Waals surface area contributed by atoms with Crippen LogP contribution < -0.4 is 14.8 Å². The number of halogens is 1. The molecule has 0 spiro atoms. The minimum Gasteiger partial charge on any atom is -0.508 e. The molecule has 1 unspecified atom stereocenters. The smallest absolute Gasteiger partial charge is 0.231 e. The molecule has 1 heterocycles. The van der Waals surface area contributed by atoms with Gasteiger partial charge in [0.25, 0.3) is 0 Å². The van der Waals surface area contributed by atoms with Gasteiger partial charge in [0.1, 0.15) is 5.75 Å². The molecule has 0 bridgehead atoms. The Labute approximate surface area is 128 Å². The maximum absolute atomic E-state index is 9.81. The Kier molecular flexibility index (Phi) is 3.90. The molecule has 2 aromatic rings. The first kappa shape index (κ1) is 14.0. The van der Waals surface area contributed by atoms with E-state index in [0.29, 0.717) is 11.6 Å². The maximum atomic E-state index is 9.81. The SMILES string of the molecule is CC(NCc1cc(Cl)ccc1O)c1ccc2c(c1)OCO2. The molecule has 1 atom stereocenters. The van der Waals surface area contributed by atoms with E-state index < -0.39 is 0 Å². The van der Waals surface area contributed by atoms with Gasteiger partial charge in [-0.3, -0.25) is 0 Å². The summed E-state index contributed by atoms with van der Waals surface area (Å²) in [4.78, 5) is 0. The lowest BCUT2D eigenvalue weighted by Crippen LogP contribution is -2.18. The van der Waals surface area contributed by atoms with Crippen LogP contribution in [-0.2, 0) is 6.54 Å². The summed E-state index contributed by atoms with van der Waals surface area (Å²) in [5.41, 5.74) is 1.87. The van der Waals surface area contributed by atoms with E-state index in [0.717, 1.165) is 22.6 Å². The molecule has 2 N–H and O–H groups in total. The van der Waals surface area contributed by atoms with E-state index in [4.69, 9.17) is 21.1 Å². The number of nitrogens with one attached hydrogen (secondary N) is 1. The summed E-state index contributed by atoms with van der Waals surface area (Å²) in [6.45, 7) is 2.86. The Hall–Kier alpha value is -1.91. The molecule has 0 aliphatic carbocycles. The zero-order valence-corrected chi connectivity index (χ0v) is 12.4. The van der Waals surface area contributed by atoms with Crippen LogP contribution in [0.3, 0.4) is 0 Å². The summed E-state index contributed by atoms with van der Waals surface area (Å²) >= 11 is 5.94. The topological polar surface area (TPSA) is 50.7 Å². The molecule has 0 aromatic heterocycles. The van der Waals surface area contributed by atoms with Gasteiger partial charge in [-0.2, -0.15) is 0 Å². The quantitative estimate of drug-likeness (QED) is 0.906. The molecule has 0 saturated carbocycles. The molecule has 0 radical (unpaired) electrons. The largest absolute Gasteiger partial charge is 0.508 e. The van der Waals surface area contributed by atoms with Gasteiger partial charge in [-0.25, -0.2) is 0 Å². The second-order valence-electron chi connectivity index (χ2n) is 4.99. The van der Waals surface area contributed by atoms with Gasteiger partial charge in [-0.15, -0.1) is 0 Å². The van der Waals surface area contributed by atoms with Crippen molar-refractivity contribution in [1.82, 2.24) is 5.32 Å². The van der Waals surface area contributed by atoms with Crippen molar-refractivity contribution < 1.29 is 14.6 Å². The maximum Gasteiger partial charge on any atom is 0.231 e. The molecule has 5 heteroatoms. The third-order valence-electron chi connectivity index (χ3n) is 3.54. The number of phenolic OH excluding ortho intramolecular Hbond substituents is 1. The zero-order chi connectivity index (χ0) is 14.8. The van der Waals surface area contributed by atoms with E-state index >= 15 is 0 Å². The molecule has 2 aromatic carbocycles. The second-order valence-corrected chi connectivity index (χ2v) is 5.42. The van der Waals surface area contributed by atoms with Gasteiger partial charge in [0, 0.05) is 23.2 Å². The third kappa shape index (κ3) is 3.06. The Balaban J connectivity index is 1.69. The first-order valence-electron chi connectivity index (χ1n) is 6.74. The molecule has 4 nitrogen and oxygen atoms in total. The van der Waals surface area contributed by atoms with Crippen LogP contribution in [0, 0.1) is 0 Å². The lowest BCUT2D eigenvalue weighted by atomic mass is 10.1. The van der Waals surface area contributed by atoms with E-state index in [1.165, 1.54) is 0 Å². The van der Waals surface area contributed by atoms with Crippen molar-refractivity contribution in [2.45, 2.75) is 19.5 Å². The van der Waals surface area contributed by atoms with Crippen molar-refractivity contribution in [3.8, 4) is 17.2 Å². The predicted octanol–water partition coefficient (Wildman–Crippen LogP) is 3.63. The summed E-state index contributed by atoms with van der Waals surface area (Å²) in [7, 11) is 0. The van der Waals surface area contributed by atoms with Crippen LogP contribution in [0.15, 0.2) is 36.4 Å². The van der Waals surface area contributed by atoms with Crippen molar-refractivity contribution in [2.24, 2.45) is 0 Å². The molecule has 0 amide bonds. The van der Waals surface area contributed by atoms with Crippen molar-refractivity contribution >= 4 is 11.6 Å². The summed E-state index contributed by atoms with van der Waals surface area (Å²) in [6, 6.07) is 11.0. The molecular weight excluding hydrogens is 290 g/mol.